The Labute approximate surface area is 122 Å². The summed E-state index contributed by atoms with van der Waals surface area (Å²) in [6.45, 7) is 0. The van der Waals surface area contributed by atoms with E-state index in [1.54, 1.807) is 7.11 Å². The van der Waals surface area contributed by atoms with Crippen LogP contribution in [0.5, 0.6) is 5.75 Å². The van der Waals surface area contributed by atoms with Gasteiger partial charge in [0.2, 0.25) is 0 Å². The Balaban J connectivity index is 1.76. The maximum absolute atomic E-state index is 5.24. The first-order chi connectivity index (χ1) is 10.3. The average Bonchev–Trinajstić information content (AvgIpc) is 3.03. The van der Waals surface area contributed by atoms with Gasteiger partial charge in [0.1, 0.15) is 5.75 Å². The molecule has 3 aromatic rings. The molecule has 0 atom stereocenters. The molecule has 21 heavy (non-hydrogen) atoms. The van der Waals surface area contributed by atoms with Crippen LogP contribution in [0, 0.1) is 0 Å². The lowest BCUT2D eigenvalue weighted by molar-refractivity contribution is 0.415. The Kier molecular flexibility index (Phi) is 3.78. The summed E-state index contributed by atoms with van der Waals surface area (Å²) in [7, 11) is 1.65. The molecule has 0 saturated carbocycles. The third-order valence-electron chi connectivity index (χ3n) is 3.00. The predicted molar refractivity (Wildman–Crippen MR) is 81.7 cm³/mol. The molecule has 3 rings (SSSR count). The molecule has 1 heterocycles. The average molecular weight is 278 g/mol. The van der Waals surface area contributed by atoms with Crippen LogP contribution in [0.1, 0.15) is 11.4 Å². The molecule has 0 bridgehead atoms. The van der Waals surface area contributed by atoms with Crippen LogP contribution in [0.3, 0.4) is 0 Å². The summed E-state index contributed by atoms with van der Waals surface area (Å²) in [6, 6.07) is 17.4. The predicted octanol–water partition coefficient (Wildman–Crippen LogP) is 3.92. The van der Waals surface area contributed by atoms with Gasteiger partial charge in [-0.2, -0.15) is 4.98 Å². The third-order valence-corrected chi connectivity index (χ3v) is 3.00. The van der Waals surface area contributed by atoms with Crippen molar-refractivity contribution in [2.24, 2.45) is 0 Å². The normalized spacial score (nSPS) is 10.9. The van der Waals surface area contributed by atoms with Crippen molar-refractivity contribution >= 4 is 12.2 Å². The minimum atomic E-state index is 0.519. The van der Waals surface area contributed by atoms with Crippen LogP contribution in [-0.2, 0) is 0 Å². The molecule has 0 saturated heterocycles. The Morgan fingerprint density at radius 1 is 0.952 bits per heavy atom. The molecule has 0 spiro atoms. The van der Waals surface area contributed by atoms with Crippen LogP contribution in [0.25, 0.3) is 23.6 Å². The van der Waals surface area contributed by atoms with Crippen molar-refractivity contribution < 1.29 is 9.26 Å². The number of hydrogen-bond acceptors (Lipinski definition) is 4. The van der Waals surface area contributed by atoms with Gasteiger partial charge < -0.3 is 9.26 Å². The van der Waals surface area contributed by atoms with Crippen molar-refractivity contribution in [2.75, 3.05) is 7.11 Å². The SMILES string of the molecule is COc1ccc(/C=C/c2noc(-c3ccccc3)n2)cc1. The van der Waals surface area contributed by atoms with Gasteiger partial charge >= 0.3 is 0 Å². The lowest BCUT2D eigenvalue weighted by atomic mass is 10.2. The van der Waals surface area contributed by atoms with Crippen molar-refractivity contribution in [3.05, 3.63) is 66.0 Å². The molecular weight excluding hydrogens is 264 g/mol. The Bertz CT molecular complexity index is 731. The fourth-order valence-corrected chi connectivity index (χ4v) is 1.89. The van der Waals surface area contributed by atoms with Gasteiger partial charge in [0, 0.05) is 5.56 Å². The Hall–Kier alpha value is -2.88. The summed E-state index contributed by atoms with van der Waals surface area (Å²) in [6.07, 6.45) is 3.75. The van der Waals surface area contributed by atoms with Crippen LogP contribution in [-0.4, -0.2) is 17.3 Å². The summed E-state index contributed by atoms with van der Waals surface area (Å²) in [5.41, 5.74) is 1.95. The minimum Gasteiger partial charge on any atom is -0.497 e. The highest BCUT2D eigenvalue weighted by Crippen LogP contribution is 2.17. The Morgan fingerprint density at radius 2 is 1.71 bits per heavy atom. The van der Waals surface area contributed by atoms with E-state index in [-0.39, 0.29) is 0 Å². The lowest BCUT2D eigenvalue weighted by Gasteiger charge is -1.98. The molecule has 0 fully saturated rings. The topological polar surface area (TPSA) is 48.2 Å². The maximum Gasteiger partial charge on any atom is 0.258 e. The number of rotatable bonds is 4. The molecule has 1 aromatic heterocycles. The van der Waals surface area contributed by atoms with E-state index < -0.39 is 0 Å². The second-order valence-corrected chi connectivity index (χ2v) is 4.43. The zero-order valence-electron chi connectivity index (χ0n) is 11.6. The number of hydrogen-bond donors (Lipinski definition) is 0. The van der Waals surface area contributed by atoms with Crippen LogP contribution in [0.15, 0.2) is 59.1 Å². The summed E-state index contributed by atoms with van der Waals surface area (Å²) in [4.78, 5) is 4.34. The monoisotopic (exact) mass is 278 g/mol. The van der Waals surface area contributed by atoms with E-state index in [9.17, 15) is 0 Å². The van der Waals surface area contributed by atoms with E-state index in [1.165, 1.54) is 0 Å². The molecule has 0 aliphatic heterocycles. The molecular formula is C17H14N2O2. The van der Waals surface area contributed by atoms with Crippen molar-refractivity contribution in [2.45, 2.75) is 0 Å². The van der Waals surface area contributed by atoms with Gasteiger partial charge in [-0.3, -0.25) is 0 Å². The van der Waals surface area contributed by atoms with Crippen molar-refractivity contribution in [1.82, 2.24) is 10.1 Å². The smallest absolute Gasteiger partial charge is 0.258 e. The first kappa shape index (κ1) is 13.1. The van der Waals surface area contributed by atoms with Crippen LogP contribution in [0.4, 0.5) is 0 Å². The molecule has 4 heteroatoms. The Morgan fingerprint density at radius 3 is 2.43 bits per heavy atom. The summed E-state index contributed by atoms with van der Waals surface area (Å²) < 4.78 is 10.4. The van der Waals surface area contributed by atoms with E-state index in [2.05, 4.69) is 10.1 Å². The lowest BCUT2D eigenvalue weighted by Crippen LogP contribution is -1.81. The van der Waals surface area contributed by atoms with E-state index >= 15 is 0 Å². The second-order valence-electron chi connectivity index (χ2n) is 4.43. The summed E-state index contributed by atoms with van der Waals surface area (Å²) >= 11 is 0. The van der Waals surface area contributed by atoms with Crippen LogP contribution in [0.2, 0.25) is 0 Å². The summed E-state index contributed by atoms with van der Waals surface area (Å²) in [5.74, 6) is 1.90. The summed E-state index contributed by atoms with van der Waals surface area (Å²) in [5, 5.41) is 3.94. The molecule has 4 nitrogen and oxygen atoms in total. The highest BCUT2D eigenvalue weighted by Gasteiger charge is 2.05. The fourth-order valence-electron chi connectivity index (χ4n) is 1.89. The van der Waals surface area contributed by atoms with E-state index in [4.69, 9.17) is 9.26 Å². The van der Waals surface area contributed by atoms with Crippen molar-refractivity contribution in [3.63, 3.8) is 0 Å². The molecule has 0 N–H and O–H groups in total. The third kappa shape index (κ3) is 3.17. The quantitative estimate of drug-likeness (QED) is 0.725. The second kappa shape index (κ2) is 6.05. The standard InChI is InChI=1S/C17H14N2O2/c1-20-15-10-7-13(8-11-15)9-12-16-18-17(21-19-16)14-5-3-2-4-6-14/h2-12H,1H3/b12-9+. The van der Waals surface area contributed by atoms with Gasteiger partial charge in [0.25, 0.3) is 5.89 Å². The number of benzene rings is 2. The van der Waals surface area contributed by atoms with Crippen LogP contribution < -0.4 is 4.74 Å². The molecule has 0 amide bonds. The van der Waals surface area contributed by atoms with Gasteiger partial charge in [-0.05, 0) is 35.9 Å². The maximum atomic E-state index is 5.24. The largest absolute Gasteiger partial charge is 0.497 e. The van der Waals surface area contributed by atoms with Gasteiger partial charge in [0.05, 0.1) is 7.11 Å². The first-order valence-corrected chi connectivity index (χ1v) is 6.56. The van der Waals surface area contributed by atoms with Crippen LogP contribution >= 0.6 is 0 Å². The first-order valence-electron chi connectivity index (χ1n) is 6.56. The number of methoxy groups -OCH3 is 1. The zero-order valence-corrected chi connectivity index (χ0v) is 11.6. The van der Waals surface area contributed by atoms with Crippen molar-refractivity contribution in [3.8, 4) is 17.2 Å². The minimum absolute atomic E-state index is 0.519. The fraction of sp³-hybridized carbons (Fsp3) is 0.0588. The van der Waals surface area contributed by atoms with E-state index in [1.807, 2.05) is 66.7 Å². The van der Waals surface area contributed by atoms with E-state index in [0.29, 0.717) is 11.7 Å². The highest BCUT2D eigenvalue weighted by molar-refractivity contribution is 5.67. The number of nitrogens with zero attached hydrogens (tertiary/aromatic N) is 2. The zero-order chi connectivity index (χ0) is 14.5. The van der Waals surface area contributed by atoms with Crippen molar-refractivity contribution in [1.29, 1.82) is 0 Å². The number of aromatic nitrogens is 2. The molecule has 104 valence electrons. The highest BCUT2D eigenvalue weighted by atomic mass is 16.5. The number of ether oxygens (including phenoxy) is 1. The van der Waals surface area contributed by atoms with Gasteiger partial charge in [-0.25, -0.2) is 0 Å². The van der Waals surface area contributed by atoms with E-state index in [0.717, 1.165) is 16.9 Å². The van der Waals surface area contributed by atoms with Gasteiger partial charge in [-0.15, -0.1) is 0 Å². The van der Waals surface area contributed by atoms with Gasteiger partial charge in [0.15, 0.2) is 5.82 Å². The van der Waals surface area contributed by atoms with Gasteiger partial charge in [-0.1, -0.05) is 41.6 Å². The molecule has 0 aliphatic rings. The molecule has 0 radical (unpaired) electrons. The molecule has 2 aromatic carbocycles. The molecule has 0 aliphatic carbocycles. The molecule has 0 unspecified atom stereocenters.